The molecule has 4 heteroatoms. The summed E-state index contributed by atoms with van der Waals surface area (Å²) in [5.74, 6) is 0.847. The number of hydrogen-bond donors (Lipinski definition) is 0. The van der Waals surface area contributed by atoms with Gasteiger partial charge in [-0.15, -0.1) is 0 Å². The van der Waals surface area contributed by atoms with Gasteiger partial charge < -0.3 is 4.57 Å². The summed E-state index contributed by atoms with van der Waals surface area (Å²) in [6.07, 6.45) is 3.59. The van der Waals surface area contributed by atoms with Crippen molar-refractivity contribution in [2.75, 3.05) is 0 Å². The van der Waals surface area contributed by atoms with Crippen LogP contribution in [0.1, 0.15) is 11.1 Å². The summed E-state index contributed by atoms with van der Waals surface area (Å²) >= 11 is 0. The minimum absolute atomic E-state index is 0.722. The largest absolute Gasteiger partial charge is 0.303 e. The van der Waals surface area contributed by atoms with Gasteiger partial charge in [0.15, 0.2) is 11.5 Å². The third-order valence-corrected chi connectivity index (χ3v) is 3.86. The Hall–Kier alpha value is -3.01. The van der Waals surface area contributed by atoms with E-state index in [9.17, 15) is 0 Å². The second-order valence-electron chi connectivity index (χ2n) is 5.57. The lowest BCUT2D eigenvalue weighted by Gasteiger charge is -2.08. The highest BCUT2D eigenvalue weighted by Gasteiger charge is 2.14. The normalized spacial score (nSPS) is 11.0. The molecule has 3 aromatic heterocycles. The molecule has 0 amide bonds. The monoisotopic (exact) mass is 300 g/mol. The number of hydrogen-bond acceptors (Lipinski definition) is 3. The molecule has 0 radical (unpaired) electrons. The fraction of sp³-hybridized carbons (Fsp3) is 0.105. The lowest BCUT2D eigenvalue weighted by molar-refractivity contribution is 0.820. The molecule has 1 aromatic carbocycles. The molecular weight excluding hydrogens is 284 g/mol. The van der Waals surface area contributed by atoms with Crippen LogP contribution >= 0.6 is 0 Å². The minimum Gasteiger partial charge on any atom is -0.303 e. The highest BCUT2D eigenvalue weighted by Crippen LogP contribution is 2.23. The molecule has 0 spiro atoms. The smallest absolute Gasteiger partial charge is 0.161 e. The zero-order valence-electron chi connectivity index (χ0n) is 12.8. The molecule has 3 heterocycles. The van der Waals surface area contributed by atoms with E-state index in [0.29, 0.717) is 0 Å². The number of imidazole rings is 1. The van der Waals surface area contributed by atoms with Crippen molar-refractivity contribution in [1.82, 2.24) is 19.5 Å². The Labute approximate surface area is 134 Å². The Kier molecular flexibility index (Phi) is 3.35. The second kappa shape index (κ2) is 5.65. The summed E-state index contributed by atoms with van der Waals surface area (Å²) in [6.45, 7) is 2.82. The Morgan fingerprint density at radius 1 is 0.870 bits per heavy atom. The maximum atomic E-state index is 4.73. The van der Waals surface area contributed by atoms with E-state index >= 15 is 0 Å². The standard InChI is InChI=1S/C19H16N4/c1-14-7-9-15(10-8-14)13-23-18-17(6-4-12-21-18)22-19(23)16-5-2-3-11-20-16/h2-12H,13H2,1H3. The van der Waals surface area contributed by atoms with Gasteiger partial charge in [-0.3, -0.25) is 4.98 Å². The van der Waals surface area contributed by atoms with Crippen LogP contribution < -0.4 is 0 Å². The van der Waals surface area contributed by atoms with Gasteiger partial charge >= 0.3 is 0 Å². The quantitative estimate of drug-likeness (QED) is 0.577. The van der Waals surface area contributed by atoms with Gasteiger partial charge in [0.1, 0.15) is 11.2 Å². The molecule has 0 saturated carbocycles. The molecule has 4 aromatic rings. The van der Waals surface area contributed by atoms with Crippen LogP contribution in [0.15, 0.2) is 67.0 Å². The number of rotatable bonds is 3. The lowest BCUT2D eigenvalue weighted by Crippen LogP contribution is -2.04. The number of nitrogens with zero attached hydrogens (tertiary/aromatic N) is 4. The van der Waals surface area contributed by atoms with Crippen LogP contribution in [0, 0.1) is 6.92 Å². The molecule has 0 atom stereocenters. The fourth-order valence-electron chi connectivity index (χ4n) is 2.67. The number of aryl methyl sites for hydroxylation is 1. The van der Waals surface area contributed by atoms with E-state index < -0.39 is 0 Å². The molecule has 0 bridgehead atoms. The molecule has 0 aliphatic rings. The molecule has 0 aliphatic heterocycles. The van der Waals surface area contributed by atoms with Crippen molar-refractivity contribution in [3.63, 3.8) is 0 Å². The topological polar surface area (TPSA) is 43.6 Å². The van der Waals surface area contributed by atoms with Crippen LogP contribution in [-0.4, -0.2) is 19.5 Å². The molecule has 112 valence electrons. The van der Waals surface area contributed by atoms with E-state index in [1.807, 2.05) is 30.3 Å². The fourth-order valence-corrected chi connectivity index (χ4v) is 2.67. The van der Waals surface area contributed by atoms with Crippen LogP contribution in [0.3, 0.4) is 0 Å². The molecule has 0 fully saturated rings. The molecule has 0 saturated heterocycles. The highest BCUT2D eigenvalue weighted by molar-refractivity contribution is 5.76. The van der Waals surface area contributed by atoms with E-state index in [2.05, 4.69) is 45.7 Å². The molecule has 0 N–H and O–H groups in total. The number of fused-ring (bicyclic) bond motifs is 1. The molecule has 0 unspecified atom stereocenters. The first-order valence-corrected chi connectivity index (χ1v) is 7.59. The van der Waals surface area contributed by atoms with Gasteiger partial charge in [0.2, 0.25) is 0 Å². The molecular formula is C19H16N4. The van der Waals surface area contributed by atoms with Crippen molar-refractivity contribution < 1.29 is 0 Å². The van der Waals surface area contributed by atoms with E-state index in [0.717, 1.165) is 29.2 Å². The Morgan fingerprint density at radius 3 is 2.48 bits per heavy atom. The van der Waals surface area contributed by atoms with Crippen molar-refractivity contribution in [3.05, 3.63) is 78.1 Å². The minimum atomic E-state index is 0.722. The van der Waals surface area contributed by atoms with E-state index in [1.165, 1.54) is 11.1 Å². The summed E-state index contributed by atoms with van der Waals surface area (Å²) in [5, 5.41) is 0. The Bertz CT molecular complexity index is 940. The predicted octanol–water partition coefficient (Wildman–Crippen LogP) is 3.85. The molecule has 23 heavy (non-hydrogen) atoms. The first-order valence-electron chi connectivity index (χ1n) is 7.59. The van der Waals surface area contributed by atoms with E-state index in [4.69, 9.17) is 4.98 Å². The SMILES string of the molecule is Cc1ccc(Cn2c(-c3ccccn3)nc3cccnc32)cc1. The highest BCUT2D eigenvalue weighted by atomic mass is 15.1. The van der Waals surface area contributed by atoms with Crippen LogP contribution in [0.4, 0.5) is 0 Å². The number of pyridine rings is 2. The second-order valence-corrected chi connectivity index (χ2v) is 5.57. The summed E-state index contributed by atoms with van der Waals surface area (Å²) in [5.41, 5.74) is 5.11. The van der Waals surface area contributed by atoms with Crippen molar-refractivity contribution in [2.24, 2.45) is 0 Å². The van der Waals surface area contributed by atoms with Crippen molar-refractivity contribution in [2.45, 2.75) is 13.5 Å². The average molecular weight is 300 g/mol. The summed E-state index contributed by atoms with van der Waals surface area (Å²) < 4.78 is 2.13. The van der Waals surface area contributed by atoms with Gasteiger partial charge in [0.05, 0.1) is 6.54 Å². The van der Waals surface area contributed by atoms with E-state index in [-0.39, 0.29) is 0 Å². The molecule has 0 aliphatic carbocycles. The predicted molar refractivity (Wildman–Crippen MR) is 91.0 cm³/mol. The van der Waals surface area contributed by atoms with Crippen molar-refractivity contribution in [1.29, 1.82) is 0 Å². The first-order chi connectivity index (χ1) is 11.3. The first kappa shape index (κ1) is 13.6. The van der Waals surface area contributed by atoms with Gasteiger partial charge in [-0.1, -0.05) is 35.9 Å². The maximum Gasteiger partial charge on any atom is 0.161 e. The number of benzene rings is 1. The zero-order chi connectivity index (χ0) is 15.6. The molecule has 4 rings (SSSR count). The van der Waals surface area contributed by atoms with Gasteiger partial charge in [-0.05, 0) is 36.8 Å². The molecule has 4 nitrogen and oxygen atoms in total. The zero-order valence-corrected chi connectivity index (χ0v) is 12.8. The van der Waals surface area contributed by atoms with E-state index in [1.54, 1.807) is 12.4 Å². The van der Waals surface area contributed by atoms with Crippen LogP contribution in [0.5, 0.6) is 0 Å². The third-order valence-electron chi connectivity index (χ3n) is 3.86. The Balaban J connectivity index is 1.87. The van der Waals surface area contributed by atoms with Crippen LogP contribution in [0.25, 0.3) is 22.7 Å². The summed E-state index contributed by atoms with van der Waals surface area (Å²) in [7, 11) is 0. The summed E-state index contributed by atoms with van der Waals surface area (Å²) in [4.78, 5) is 13.7. The van der Waals surface area contributed by atoms with Crippen molar-refractivity contribution in [3.8, 4) is 11.5 Å². The number of aromatic nitrogens is 4. The summed E-state index contributed by atoms with van der Waals surface area (Å²) in [6, 6.07) is 18.3. The van der Waals surface area contributed by atoms with Crippen LogP contribution in [-0.2, 0) is 6.54 Å². The van der Waals surface area contributed by atoms with Crippen LogP contribution in [0.2, 0.25) is 0 Å². The average Bonchev–Trinajstić information content (AvgIpc) is 2.96. The van der Waals surface area contributed by atoms with Crippen molar-refractivity contribution >= 4 is 11.2 Å². The Morgan fingerprint density at radius 2 is 1.70 bits per heavy atom. The van der Waals surface area contributed by atoms with Gasteiger partial charge in [-0.25, -0.2) is 9.97 Å². The van der Waals surface area contributed by atoms with Gasteiger partial charge in [0, 0.05) is 12.4 Å². The maximum absolute atomic E-state index is 4.73. The third kappa shape index (κ3) is 2.59. The van der Waals surface area contributed by atoms with Gasteiger partial charge in [-0.2, -0.15) is 0 Å². The van der Waals surface area contributed by atoms with Gasteiger partial charge in [0.25, 0.3) is 0 Å². The lowest BCUT2D eigenvalue weighted by atomic mass is 10.1.